The van der Waals surface area contributed by atoms with Crippen LogP contribution in [0.3, 0.4) is 0 Å². The smallest absolute Gasteiger partial charge is 0.295 e. The predicted octanol–water partition coefficient (Wildman–Crippen LogP) is 5.34. The molecule has 1 aromatic heterocycles. The first-order valence-corrected chi connectivity index (χ1v) is 10.3. The molecule has 0 spiro atoms. The van der Waals surface area contributed by atoms with Crippen molar-refractivity contribution in [3.05, 3.63) is 89.5 Å². The van der Waals surface area contributed by atoms with Crippen molar-refractivity contribution in [2.24, 2.45) is 0 Å². The predicted molar refractivity (Wildman–Crippen MR) is 122 cm³/mol. The Bertz CT molecular complexity index is 1250. The molecular weight excluding hydrogens is 407 g/mol. The van der Waals surface area contributed by atoms with Crippen LogP contribution in [0.4, 0.5) is 10.1 Å². The van der Waals surface area contributed by atoms with Crippen LogP contribution in [0, 0.1) is 19.7 Å². The van der Waals surface area contributed by atoms with Gasteiger partial charge in [0.2, 0.25) is 5.82 Å². The molecule has 0 aliphatic heterocycles. The molecule has 0 bridgehead atoms. The molecule has 0 saturated carbocycles. The fraction of sp³-hybridized carbons (Fsp3) is 0.160. The van der Waals surface area contributed by atoms with Crippen molar-refractivity contribution in [1.29, 1.82) is 0 Å². The Morgan fingerprint density at radius 1 is 1.03 bits per heavy atom. The van der Waals surface area contributed by atoms with Crippen molar-refractivity contribution in [1.82, 2.24) is 14.8 Å². The highest BCUT2D eigenvalue weighted by atomic mass is 19.1. The van der Waals surface area contributed by atoms with Crippen LogP contribution in [0.1, 0.15) is 28.7 Å². The SMILES string of the molecule is CCOc1ccc(-n2nc(C(=O)Nc3ccc(C)cc3C)nc2-c2ccc(F)cc2)cc1. The van der Waals surface area contributed by atoms with Gasteiger partial charge in [0.1, 0.15) is 11.6 Å². The van der Waals surface area contributed by atoms with E-state index in [-0.39, 0.29) is 11.6 Å². The number of aromatic nitrogens is 3. The summed E-state index contributed by atoms with van der Waals surface area (Å²) in [7, 11) is 0. The van der Waals surface area contributed by atoms with E-state index in [0.29, 0.717) is 29.4 Å². The first kappa shape index (κ1) is 21.2. The summed E-state index contributed by atoms with van der Waals surface area (Å²) in [5.74, 6) is 0.393. The lowest BCUT2D eigenvalue weighted by Crippen LogP contribution is -2.15. The zero-order valence-electron chi connectivity index (χ0n) is 18.1. The maximum atomic E-state index is 13.5. The van der Waals surface area contributed by atoms with Crippen LogP contribution in [0.25, 0.3) is 17.1 Å². The number of nitrogens with zero attached hydrogens (tertiary/aromatic N) is 3. The number of halogens is 1. The van der Waals surface area contributed by atoms with E-state index in [1.165, 1.54) is 12.1 Å². The van der Waals surface area contributed by atoms with Gasteiger partial charge in [0.05, 0.1) is 12.3 Å². The molecule has 32 heavy (non-hydrogen) atoms. The number of benzene rings is 3. The van der Waals surface area contributed by atoms with E-state index in [4.69, 9.17) is 4.74 Å². The summed E-state index contributed by atoms with van der Waals surface area (Å²) < 4.78 is 20.5. The number of amides is 1. The molecule has 4 rings (SSSR count). The monoisotopic (exact) mass is 430 g/mol. The van der Waals surface area contributed by atoms with Crippen molar-refractivity contribution in [2.45, 2.75) is 20.8 Å². The van der Waals surface area contributed by atoms with Crippen LogP contribution in [-0.2, 0) is 0 Å². The Kier molecular flexibility index (Phi) is 5.98. The second-order valence-electron chi connectivity index (χ2n) is 7.38. The quantitative estimate of drug-likeness (QED) is 0.448. The number of nitrogens with one attached hydrogen (secondary N) is 1. The van der Waals surface area contributed by atoms with Crippen molar-refractivity contribution >= 4 is 11.6 Å². The summed E-state index contributed by atoms with van der Waals surface area (Å²) in [5, 5.41) is 7.33. The lowest BCUT2D eigenvalue weighted by Gasteiger charge is -2.08. The van der Waals surface area contributed by atoms with Crippen molar-refractivity contribution in [3.63, 3.8) is 0 Å². The molecule has 0 saturated heterocycles. The third kappa shape index (κ3) is 4.51. The fourth-order valence-electron chi connectivity index (χ4n) is 3.36. The van der Waals surface area contributed by atoms with E-state index in [1.807, 2.05) is 63.2 Å². The number of hydrogen-bond donors (Lipinski definition) is 1. The van der Waals surface area contributed by atoms with E-state index in [0.717, 1.165) is 16.9 Å². The number of anilines is 1. The summed E-state index contributed by atoms with van der Waals surface area (Å²) in [4.78, 5) is 17.4. The molecular formula is C25H23FN4O2. The van der Waals surface area contributed by atoms with Gasteiger partial charge < -0.3 is 10.1 Å². The summed E-state index contributed by atoms with van der Waals surface area (Å²) >= 11 is 0. The standard InChI is InChI=1S/C25H23FN4O2/c1-4-32-21-12-10-20(11-13-21)30-24(18-6-8-19(26)9-7-18)28-23(29-30)25(31)27-22-14-5-16(2)15-17(22)3/h5-15H,4H2,1-3H3,(H,27,31). The number of carbonyl (C=O) groups is 1. The number of aryl methyl sites for hydroxylation is 2. The molecule has 1 N–H and O–H groups in total. The van der Waals surface area contributed by atoms with E-state index in [1.54, 1.807) is 16.8 Å². The second kappa shape index (κ2) is 9.01. The van der Waals surface area contributed by atoms with Crippen LogP contribution in [0.5, 0.6) is 5.75 Å². The van der Waals surface area contributed by atoms with Crippen molar-refractivity contribution in [2.75, 3.05) is 11.9 Å². The summed E-state index contributed by atoms with van der Waals surface area (Å²) in [5.41, 5.74) is 4.09. The molecule has 1 heterocycles. The first-order valence-electron chi connectivity index (χ1n) is 10.3. The van der Waals surface area contributed by atoms with E-state index in [2.05, 4.69) is 15.4 Å². The molecule has 3 aromatic carbocycles. The molecule has 0 fully saturated rings. The third-order valence-corrected chi connectivity index (χ3v) is 4.94. The van der Waals surface area contributed by atoms with Gasteiger partial charge in [0.15, 0.2) is 5.82 Å². The van der Waals surface area contributed by atoms with Crippen LogP contribution < -0.4 is 10.1 Å². The van der Waals surface area contributed by atoms with Gasteiger partial charge in [-0.25, -0.2) is 14.1 Å². The van der Waals surface area contributed by atoms with Gasteiger partial charge >= 0.3 is 0 Å². The lowest BCUT2D eigenvalue weighted by atomic mass is 10.1. The molecule has 0 radical (unpaired) electrons. The number of rotatable bonds is 6. The summed E-state index contributed by atoms with van der Waals surface area (Å²) in [6, 6.07) is 19.0. The number of hydrogen-bond acceptors (Lipinski definition) is 4. The minimum absolute atomic E-state index is 0.0122. The van der Waals surface area contributed by atoms with E-state index >= 15 is 0 Å². The Morgan fingerprint density at radius 2 is 1.75 bits per heavy atom. The van der Waals surface area contributed by atoms with Gasteiger partial charge in [0, 0.05) is 11.3 Å². The topological polar surface area (TPSA) is 69.0 Å². The molecule has 0 aliphatic rings. The molecule has 0 unspecified atom stereocenters. The van der Waals surface area contributed by atoms with Crippen LogP contribution in [0.2, 0.25) is 0 Å². The van der Waals surface area contributed by atoms with Gasteiger partial charge in [-0.2, -0.15) is 0 Å². The molecule has 7 heteroatoms. The fourth-order valence-corrected chi connectivity index (χ4v) is 3.36. The minimum atomic E-state index is -0.426. The van der Waals surface area contributed by atoms with Gasteiger partial charge in [-0.15, -0.1) is 5.10 Å². The summed E-state index contributed by atoms with van der Waals surface area (Å²) in [6.07, 6.45) is 0. The van der Waals surface area contributed by atoms with Gasteiger partial charge in [0.25, 0.3) is 5.91 Å². The van der Waals surface area contributed by atoms with E-state index < -0.39 is 5.91 Å². The third-order valence-electron chi connectivity index (χ3n) is 4.94. The molecule has 162 valence electrons. The van der Waals surface area contributed by atoms with Crippen molar-refractivity contribution < 1.29 is 13.9 Å². The summed E-state index contributed by atoms with van der Waals surface area (Å²) in [6.45, 7) is 6.40. The second-order valence-corrected chi connectivity index (χ2v) is 7.38. The van der Waals surface area contributed by atoms with Crippen LogP contribution in [-0.4, -0.2) is 27.3 Å². The Labute approximate surface area is 185 Å². The highest BCUT2D eigenvalue weighted by Gasteiger charge is 2.19. The van der Waals surface area contributed by atoms with Gasteiger partial charge in [-0.3, -0.25) is 4.79 Å². The highest BCUT2D eigenvalue weighted by molar-refractivity contribution is 6.02. The Balaban J connectivity index is 1.73. The molecule has 6 nitrogen and oxygen atoms in total. The largest absolute Gasteiger partial charge is 0.494 e. The maximum Gasteiger partial charge on any atom is 0.295 e. The zero-order chi connectivity index (χ0) is 22.7. The molecule has 0 aliphatic carbocycles. The van der Waals surface area contributed by atoms with Gasteiger partial charge in [-0.1, -0.05) is 17.7 Å². The van der Waals surface area contributed by atoms with Crippen molar-refractivity contribution in [3.8, 4) is 22.8 Å². The Morgan fingerprint density at radius 3 is 2.41 bits per heavy atom. The van der Waals surface area contributed by atoms with Crippen LogP contribution >= 0.6 is 0 Å². The average molecular weight is 430 g/mol. The highest BCUT2D eigenvalue weighted by Crippen LogP contribution is 2.24. The average Bonchev–Trinajstić information content (AvgIpc) is 3.22. The molecule has 1 amide bonds. The minimum Gasteiger partial charge on any atom is -0.494 e. The Hall–Kier alpha value is -4.00. The maximum absolute atomic E-state index is 13.5. The lowest BCUT2D eigenvalue weighted by molar-refractivity contribution is 0.101. The number of ether oxygens (including phenoxy) is 1. The normalized spacial score (nSPS) is 10.8. The van der Waals surface area contributed by atoms with Gasteiger partial charge in [-0.05, 0) is 80.9 Å². The number of carbonyl (C=O) groups excluding carboxylic acids is 1. The molecule has 0 atom stereocenters. The zero-order valence-corrected chi connectivity index (χ0v) is 18.1. The van der Waals surface area contributed by atoms with E-state index in [9.17, 15) is 9.18 Å². The molecule has 4 aromatic rings. The van der Waals surface area contributed by atoms with Crippen LogP contribution in [0.15, 0.2) is 66.7 Å². The first-order chi connectivity index (χ1) is 15.4.